The molecule has 0 spiro atoms. The van der Waals surface area contributed by atoms with Gasteiger partial charge in [-0.3, -0.25) is 4.72 Å². The Kier molecular flexibility index (Phi) is 5.59. The van der Waals surface area contributed by atoms with Crippen molar-refractivity contribution < 1.29 is 26.8 Å². The third-order valence-corrected chi connectivity index (χ3v) is 3.95. The molecule has 0 radical (unpaired) electrons. The van der Waals surface area contributed by atoms with Crippen LogP contribution in [0.3, 0.4) is 0 Å². The highest BCUT2D eigenvalue weighted by atomic mass is 32.2. The molecular weight excluding hydrogens is 309 g/mol. The average molecular weight is 324 g/mol. The zero-order chi connectivity index (χ0) is 16.1. The Bertz CT molecular complexity index is 612. The van der Waals surface area contributed by atoms with Gasteiger partial charge in [0.05, 0.1) is 11.5 Å². The van der Waals surface area contributed by atoms with Gasteiger partial charge < -0.3 is 5.21 Å². The summed E-state index contributed by atoms with van der Waals surface area (Å²) in [4.78, 5) is 0. The van der Waals surface area contributed by atoms with Crippen LogP contribution in [0.15, 0.2) is 29.4 Å². The number of nitrogens with one attached hydrogen (secondary N) is 1. The van der Waals surface area contributed by atoms with Crippen LogP contribution in [0.1, 0.15) is 25.3 Å². The lowest BCUT2D eigenvalue weighted by Crippen LogP contribution is -2.19. The van der Waals surface area contributed by atoms with Crippen molar-refractivity contribution in [3.05, 3.63) is 29.8 Å². The first kappa shape index (κ1) is 17.3. The van der Waals surface area contributed by atoms with E-state index in [9.17, 15) is 21.6 Å². The summed E-state index contributed by atoms with van der Waals surface area (Å²) in [6.07, 6.45) is -6.02. The van der Waals surface area contributed by atoms with Gasteiger partial charge in [0.25, 0.3) is 0 Å². The van der Waals surface area contributed by atoms with Gasteiger partial charge in [0.15, 0.2) is 0 Å². The molecule has 0 aliphatic rings. The number of hydrogen-bond donors (Lipinski definition) is 2. The van der Waals surface area contributed by atoms with E-state index in [4.69, 9.17) is 5.21 Å². The summed E-state index contributed by atoms with van der Waals surface area (Å²) in [5, 5.41) is 11.6. The Balaban J connectivity index is 2.71. The van der Waals surface area contributed by atoms with Crippen LogP contribution in [0.4, 0.5) is 18.9 Å². The number of oxime groups is 1. The summed E-state index contributed by atoms with van der Waals surface area (Å²) < 4.78 is 61.5. The van der Waals surface area contributed by atoms with Crippen molar-refractivity contribution in [2.75, 3.05) is 10.5 Å². The van der Waals surface area contributed by atoms with E-state index < -0.39 is 34.8 Å². The van der Waals surface area contributed by atoms with Crippen LogP contribution in [-0.4, -0.2) is 31.3 Å². The second-order valence-corrected chi connectivity index (χ2v) is 6.25. The van der Waals surface area contributed by atoms with Gasteiger partial charge in [0.1, 0.15) is 0 Å². The van der Waals surface area contributed by atoms with Crippen molar-refractivity contribution in [3.63, 3.8) is 0 Å². The monoisotopic (exact) mass is 324 g/mol. The van der Waals surface area contributed by atoms with Crippen molar-refractivity contribution in [2.45, 2.75) is 25.9 Å². The van der Waals surface area contributed by atoms with E-state index >= 15 is 0 Å². The van der Waals surface area contributed by atoms with E-state index in [1.165, 1.54) is 25.1 Å². The van der Waals surface area contributed by atoms with Crippen LogP contribution < -0.4 is 4.72 Å². The largest absolute Gasteiger partial charge is 0.411 e. The van der Waals surface area contributed by atoms with E-state index in [2.05, 4.69) is 9.88 Å². The number of sulfonamides is 1. The summed E-state index contributed by atoms with van der Waals surface area (Å²) in [6.45, 7) is 1.52. The summed E-state index contributed by atoms with van der Waals surface area (Å²) in [6, 6.07) is 6.03. The third-order valence-electron chi connectivity index (χ3n) is 2.58. The van der Waals surface area contributed by atoms with Gasteiger partial charge in [-0.25, -0.2) is 8.42 Å². The topological polar surface area (TPSA) is 78.8 Å². The number of hydrogen-bond acceptors (Lipinski definition) is 4. The highest BCUT2D eigenvalue weighted by molar-refractivity contribution is 7.92. The third kappa shape index (κ3) is 6.48. The lowest BCUT2D eigenvalue weighted by Gasteiger charge is -2.10. The first-order valence-electron chi connectivity index (χ1n) is 5.99. The van der Waals surface area contributed by atoms with E-state index in [-0.39, 0.29) is 11.4 Å². The first-order chi connectivity index (χ1) is 9.63. The smallest absolute Gasteiger partial charge is 0.389 e. The molecule has 2 N–H and O–H groups in total. The lowest BCUT2D eigenvalue weighted by atomic mass is 10.1. The maximum atomic E-state index is 12.0. The molecule has 0 aliphatic carbocycles. The summed E-state index contributed by atoms with van der Waals surface area (Å²) in [5.41, 5.74) is 0.976. The number of benzene rings is 1. The SMILES string of the molecule is C/C(=N/O)c1cccc(NS(=O)(=O)CCCC(F)(F)F)c1. The van der Waals surface area contributed by atoms with Crippen LogP contribution in [-0.2, 0) is 10.0 Å². The number of halogens is 3. The Morgan fingerprint density at radius 2 is 2.05 bits per heavy atom. The van der Waals surface area contributed by atoms with Crippen molar-refractivity contribution in [3.8, 4) is 0 Å². The molecule has 0 aliphatic heterocycles. The number of alkyl halides is 3. The van der Waals surface area contributed by atoms with E-state index in [1.54, 1.807) is 6.07 Å². The molecule has 0 saturated heterocycles. The highest BCUT2D eigenvalue weighted by Gasteiger charge is 2.27. The predicted molar refractivity (Wildman–Crippen MR) is 73.1 cm³/mol. The molecule has 0 aromatic heterocycles. The van der Waals surface area contributed by atoms with Crippen LogP contribution in [0, 0.1) is 0 Å². The van der Waals surface area contributed by atoms with Crippen molar-refractivity contribution in [1.29, 1.82) is 0 Å². The van der Waals surface area contributed by atoms with Crippen molar-refractivity contribution >= 4 is 21.4 Å². The maximum Gasteiger partial charge on any atom is 0.389 e. The maximum absolute atomic E-state index is 12.0. The minimum Gasteiger partial charge on any atom is -0.411 e. The molecule has 0 bridgehead atoms. The van der Waals surface area contributed by atoms with Gasteiger partial charge in [-0.05, 0) is 25.5 Å². The van der Waals surface area contributed by atoms with Crippen LogP contribution in [0.2, 0.25) is 0 Å². The molecule has 5 nitrogen and oxygen atoms in total. The molecule has 21 heavy (non-hydrogen) atoms. The lowest BCUT2D eigenvalue weighted by molar-refractivity contribution is -0.134. The number of anilines is 1. The standard InChI is InChI=1S/C12H15F3N2O3S/c1-9(16-18)10-4-2-5-11(8-10)17-21(19,20)7-3-6-12(13,14)15/h2,4-5,8,17-18H,3,6-7H2,1H3/b16-9-. The zero-order valence-electron chi connectivity index (χ0n) is 11.2. The van der Waals surface area contributed by atoms with Gasteiger partial charge in [-0.2, -0.15) is 13.2 Å². The molecular formula is C12H15F3N2O3S. The summed E-state index contributed by atoms with van der Waals surface area (Å²) in [5.74, 6) is -0.621. The van der Waals surface area contributed by atoms with Gasteiger partial charge >= 0.3 is 6.18 Å². The molecule has 0 fully saturated rings. The van der Waals surface area contributed by atoms with E-state index in [0.29, 0.717) is 5.56 Å². The number of nitrogens with zero attached hydrogens (tertiary/aromatic N) is 1. The van der Waals surface area contributed by atoms with Gasteiger partial charge in [0.2, 0.25) is 10.0 Å². The fraction of sp³-hybridized carbons (Fsp3) is 0.417. The Labute approximate surface area is 120 Å². The number of rotatable bonds is 6. The molecule has 118 valence electrons. The highest BCUT2D eigenvalue weighted by Crippen LogP contribution is 2.22. The van der Waals surface area contributed by atoms with Gasteiger partial charge in [-0.15, -0.1) is 0 Å². The molecule has 1 rings (SSSR count). The molecule has 0 amide bonds. The molecule has 1 aromatic carbocycles. The molecule has 0 unspecified atom stereocenters. The van der Waals surface area contributed by atoms with Crippen LogP contribution in [0.25, 0.3) is 0 Å². The minimum absolute atomic E-state index is 0.197. The minimum atomic E-state index is -4.37. The molecule has 0 saturated carbocycles. The molecule has 0 atom stereocenters. The predicted octanol–water partition coefficient (Wildman–Crippen LogP) is 2.97. The van der Waals surface area contributed by atoms with Gasteiger partial charge in [0, 0.05) is 17.7 Å². The fourth-order valence-electron chi connectivity index (χ4n) is 1.56. The Morgan fingerprint density at radius 3 is 2.62 bits per heavy atom. The molecule has 0 heterocycles. The second-order valence-electron chi connectivity index (χ2n) is 4.41. The average Bonchev–Trinajstić information content (AvgIpc) is 2.35. The Hall–Kier alpha value is -1.77. The van der Waals surface area contributed by atoms with Crippen LogP contribution >= 0.6 is 0 Å². The second kappa shape index (κ2) is 6.79. The van der Waals surface area contributed by atoms with Gasteiger partial charge in [-0.1, -0.05) is 17.3 Å². The van der Waals surface area contributed by atoms with Crippen molar-refractivity contribution in [1.82, 2.24) is 0 Å². The Morgan fingerprint density at radius 1 is 1.38 bits per heavy atom. The quantitative estimate of drug-likeness (QED) is 0.480. The van der Waals surface area contributed by atoms with E-state index in [0.717, 1.165) is 0 Å². The summed E-state index contributed by atoms with van der Waals surface area (Å²) in [7, 11) is -3.86. The van der Waals surface area contributed by atoms with E-state index in [1.807, 2.05) is 0 Å². The summed E-state index contributed by atoms with van der Waals surface area (Å²) >= 11 is 0. The zero-order valence-corrected chi connectivity index (χ0v) is 12.0. The normalized spacial score (nSPS) is 13.2. The first-order valence-corrected chi connectivity index (χ1v) is 7.64. The molecule has 9 heteroatoms. The molecule has 1 aromatic rings. The van der Waals surface area contributed by atoms with Crippen LogP contribution in [0.5, 0.6) is 0 Å². The fourth-order valence-corrected chi connectivity index (χ4v) is 2.67. The van der Waals surface area contributed by atoms with Crippen molar-refractivity contribution in [2.24, 2.45) is 5.16 Å².